The third-order valence-electron chi connectivity index (χ3n) is 3.83. The second kappa shape index (κ2) is 9.23. The maximum atomic E-state index is 11.4. The predicted octanol–water partition coefficient (Wildman–Crippen LogP) is 3.34. The van der Waals surface area contributed by atoms with Crippen LogP contribution in [0.2, 0.25) is 0 Å². The fourth-order valence-corrected chi connectivity index (χ4v) is 4.39. The molecule has 20 heavy (non-hydrogen) atoms. The van der Waals surface area contributed by atoms with Gasteiger partial charge in [0.05, 0.1) is 12.4 Å². The molecular weight excluding hydrogens is 300 g/mol. The highest BCUT2D eigenvalue weighted by molar-refractivity contribution is 8.13. The van der Waals surface area contributed by atoms with Gasteiger partial charge >= 0.3 is 0 Å². The maximum absolute atomic E-state index is 11.4. The van der Waals surface area contributed by atoms with Crippen molar-refractivity contribution in [3.63, 3.8) is 0 Å². The number of hydrogen-bond acceptors (Lipinski definition) is 4. The summed E-state index contributed by atoms with van der Waals surface area (Å²) >= 11 is 0. The summed E-state index contributed by atoms with van der Waals surface area (Å²) in [5, 5.41) is 0. The second-order valence-corrected chi connectivity index (χ2v) is 8.54. The van der Waals surface area contributed by atoms with Gasteiger partial charge in [0, 0.05) is 35.9 Å². The van der Waals surface area contributed by atoms with Crippen LogP contribution < -0.4 is 0 Å². The first-order valence-electron chi connectivity index (χ1n) is 7.55. The lowest BCUT2D eigenvalue weighted by Crippen LogP contribution is -2.39. The van der Waals surface area contributed by atoms with Crippen molar-refractivity contribution in [2.24, 2.45) is 5.41 Å². The highest BCUT2D eigenvalue weighted by Gasteiger charge is 2.37. The Bertz CT molecular complexity index is 350. The van der Waals surface area contributed by atoms with Crippen LogP contribution in [0.1, 0.15) is 51.9 Å². The van der Waals surface area contributed by atoms with E-state index in [1.165, 1.54) is 25.7 Å². The normalized spacial score (nSPS) is 19.1. The molecule has 6 heteroatoms. The Morgan fingerprint density at radius 1 is 1.15 bits per heavy atom. The Morgan fingerprint density at radius 2 is 1.80 bits per heavy atom. The molecule has 0 bridgehead atoms. The molecule has 1 fully saturated rings. The molecule has 1 aliphatic rings. The molecule has 120 valence electrons. The molecule has 0 aromatic rings. The Kier molecular flexibility index (Phi) is 8.41. The summed E-state index contributed by atoms with van der Waals surface area (Å²) in [6.07, 6.45) is 7.37. The Balaban J connectivity index is 2.30. The fraction of sp³-hybridized carbons (Fsp3) is 1.00. The van der Waals surface area contributed by atoms with Crippen LogP contribution in [0.25, 0.3) is 0 Å². The molecule has 0 N–H and O–H groups in total. The van der Waals surface area contributed by atoms with Crippen molar-refractivity contribution in [2.75, 3.05) is 32.2 Å². The van der Waals surface area contributed by atoms with E-state index in [4.69, 9.17) is 20.2 Å². The molecule has 0 spiro atoms. The zero-order valence-electron chi connectivity index (χ0n) is 12.4. The van der Waals surface area contributed by atoms with Crippen molar-refractivity contribution in [2.45, 2.75) is 51.9 Å². The summed E-state index contributed by atoms with van der Waals surface area (Å²) in [6.45, 7) is 4.54. The van der Waals surface area contributed by atoms with Gasteiger partial charge in [0.1, 0.15) is 0 Å². The van der Waals surface area contributed by atoms with Crippen LogP contribution in [0, 0.1) is 5.41 Å². The van der Waals surface area contributed by atoms with Gasteiger partial charge < -0.3 is 9.47 Å². The Hall–Kier alpha value is 0.160. The molecule has 0 amide bonds. The van der Waals surface area contributed by atoms with Crippen molar-refractivity contribution in [1.82, 2.24) is 0 Å². The average molecular weight is 327 g/mol. The minimum absolute atomic E-state index is 0.0131. The van der Waals surface area contributed by atoms with E-state index in [0.29, 0.717) is 39.3 Å². The summed E-state index contributed by atoms with van der Waals surface area (Å²) in [7, 11) is 1.93. The predicted molar refractivity (Wildman–Crippen MR) is 81.7 cm³/mol. The van der Waals surface area contributed by atoms with Crippen molar-refractivity contribution in [3.8, 4) is 0 Å². The van der Waals surface area contributed by atoms with Gasteiger partial charge in [0.2, 0.25) is 9.05 Å². The molecule has 4 nitrogen and oxygen atoms in total. The van der Waals surface area contributed by atoms with E-state index < -0.39 is 9.05 Å². The number of unbranched alkanes of at least 4 members (excludes halogenated alkanes) is 4. The molecule has 0 saturated carbocycles. The van der Waals surface area contributed by atoms with Crippen LogP contribution in [0.4, 0.5) is 0 Å². The van der Waals surface area contributed by atoms with Crippen molar-refractivity contribution in [1.29, 1.82) is 0 Å². The van der Waals surface area contributed by atoms with Gasteiger partial charge in [-0.1, -0.05) is 32.6 Å². The molecule has 1 rings (SSSR count). The van der Waals surface area contributed by atoms with Gasteiger partial charge in [-0.2, -0.15) is 0 Å². The fourth-order valence-electron chi connectivity index (χ4n) is 2.60. The van der Waals surface area contributed by atoms with Crippen LogP contribution >= 0.6 is 10.7 Å². The van der Waals surface area contributed by atoms with E-state index in [1.54, 1.807) is 0 Å². The zero-order chi connectivity index (χ0) is 14.9. The van der Waals surface area contributed by atoms with Crippen LogP contribution in [0.3, 0.4) is 0 Å². The molecule has 0 atom stereocenters. The van der Waals surface area contributed by atoms with Gasteiger partial charge in [-0.15, -0.1) is 0 Å². The summed E-state index contributed by atoms with van der Waals surface area (Å²) in [5.41, 5.74) is -0.359. The lowest BCUT2D eigenvalue weighted by Gasteiger charge is -2.35. The third-order valence-corrected chi connectivity index (χ3v) is 5.12. The lowest BCUT2D eigenvalue weighted by molar-refractivity contribution is -0.0284. The standard InChI is InChI=1S/C14H27ClO4S/c1-2-3-4-5-6-9-19-12-14(13-20(15,16)17)7-10-18-11-8-14/h2-13H2,1H3. The van der Waals surface area contributed by atoms with Crippen molar-refractivity contribution >= 4 is 19.7 Å². The quantitative estimate of drug-likeness (QED) is 0.456. The van der Waals surface area contributed by atoms with Gasteiger partial charge in [-0.25, -0.2) is 8.42 Å². The summed E-state index contributed by atoms with van der Waals surface area (Å²) < 4.78 is 33.8. The van der Waals surface area contributed by atoms with E-state index in [2.05, 4.69) is 6.92 Å². The van der Waals surface area contributed by atoms with Gasteiger partial charge in [0.15, 0.2) is 0 Å². The molecular formula is C14H27ClO4S. The topological polar surface area (TPSA) is 52.6 Å². The monoisotopic (exact) mass is 326 g/mol. The van der Waals surface area contributed by atoms with Crippen LogP contribution in [-0.4, -0.2) is 40.6 Å². The minimum Gasteiger partial charge on any atom is -0.381 e. The summed E-state index contributed by atoms with van der Waals surface area (Å²) in [4.78, 5) is 0. The van der Waals surface area contributed by atoms with E-state index >= 15 is 0 Å². The Morgan fingerprint density at radius 3 is 2.40 bits per heavy atom. The first-order chi connectivity index (χ1) is 9.47. The number of ether oxygens (including phenoxy) is 2. The highest BCUT2D eigenvalue weighted by atomic mass is 35.7. The smallest absolute Gasteiger partial charge is 0.233 e. The Labute approximate surface area is 127 Å². The van der Waals surface area contributed by atoms with E-state index in [9.17, 15) is 8.42 Å². The van der Waals surface area contributed by atoms with Crippen molar-refractivity contribution in [3.05, 3.63) is 0 Å². The largest absolute Gasteiger partial charge is 0.381 e. The molecule has 0 unspecified atom stereocenters. The molecule has 1 aliphatic heterocycles. The van der Waals surface area contributed by atoms with Gasteiger partial charge in [-0.05, 0) is 19.3 Å². The number of hydrogen-bond donors (Lipinski definition) is 0. The highest BCUT2D eigenvalue weighted by Crippen LogP contribution is 2.33. The lowest BCUT2D eigenvalue weighted by atomic mass is 9.83. The molecule has 0 aromatic carbocycles. The number of rotatable bonds is 10. The first-order valence-corrected chi connectivity index (χ1v) is 10.0. The first kappa shape index (κ1) is 18.2. The average Bonchev–Trinajstić information content (AvgIpc) is 2.37. The SMILES string of the molecule is CCCCCCCOCC1(CS(=O)(=O)Cl)CCOCC1. The molecule has 0 radical (unpaired) electrons. The minimum atomic E-state index is -3.50. The van der Waals surface area contributed by atoms with Gasteiger partial charge in [0.25, 0.3) is 0 Å². The van der Waals surface area contributed by atoms with E-state index in [0.717, 1.165) is 6.42 Å². The van der Waals surface area contributed by atoms with E-state index in [-0.39, 0.29) is 11.2 Å². The maximum Gasteiger partial charge on any atom is 0.233 e. The second-order valence-electron chi connectivity index (χ2n) is 5.76. The molecule has 1 saturated heterocycles. The van der Waals surface area contributed by atoms with Crippen LogP contribution in [0.15, 0.2) is 0 Å². The molecule has 0 aliphatic carbocycles. The summed E-state index contributed by atoms with van der Waals surface area (Å²) in [6, 6.07) is 0. The zero-order valence-corrected chi connectivity index (χ0v) is 14.0. The molecule has 0 aromatic heterocycles. The van der Waals surface area contributed by atoms with Crippen molar-refractivity contribution < 1.29 is 17.9 Å². The van der Waals surface area contributed by atoms with Gasteiger partial charge in [-0.3, -0.25) is 0 Å². The third kappa shape index (κ3) is 7.81. The molecule has 1 heterocycles. The van der Waals surface area contributed by atoms with Crippen LogP contribution in [0.5, 0.6) is 0 Å². The number of halogens is 1. The van der Waals surface area contributed by atoms with Crippen LogP contribution in [-0.2, 0) is 18.5 Å². The summed E-state index contributed by atoms with van der Waals surface area (Å²) in [5.74, 6) is -0.0131. The van der Waals surface area contributed by atoms with E-state index in [1.807, 2.05) is 0 Å².